The second-order valence-electron chi connectivity index (χ2n) is 6.48. The van der Waals surface area contributed by atoms with Crippen molar-refractivity contribution in [3.63, 3.8) is 0 Å². The minimum atomic E-state index is -0.370. The molecule has 0 bridgehead atoms. The Morgan fingerprint density at radius 2 is 2.09 bits per heavy atom. The van der Waals surface area contributed by atoms with Crippen LogP contribution >= 0.6 is 0 Å². The molecule has 0 radical (unpaired) electrons. The zero-order valence-corrected chi connectivity index (χ0v) is 15.1. The van der Waals surface area contributed by atoms with Gasteiger partial charge < -0.3 is 9.84 Å². The summed E-state index contributed by atoms with van der Waals surface area (Å²) in [6.07, 6.45) is 8.39. The fraction of sp³-hybridized carbons (Fsp3) is 0.524. The van der Waals surface area contributed by atoms with Crippen molar-refractivity contribution >= 4 is 0 Å². The molecule has 128 valence electrons. The summed E-state index contributed by atoms with van der Waals surface area (Å²) in [6, 6.07) is 6.44. The molecular weight excluding hydrogens is 284 g/mol. The lowest BCUT2D eigenvalue weighted by Crippen LogP contribution is -2.00. The first-order valence-corrected chi connectivity index (χ1v) is 8.61. The summed E-state index contributed by atoms with van der Waals surface area (Å²) in [7, 11) is 1.76. The number of aliphatic hydroxyl groups excluding tert-OH is 1. The highest BCUT2D eigenvalue weighted by Crippen LogP contribution is 2.30. The van der Waals surface area contributed by atoms with Gasteiger partial charge in [-0.3, -0.25) is 0 Å². The third-order valence-electron chi connectivity index (χ3n) is 4.20. The van der Waals surface area contributed by atoms with Gasteiger partial charge >= 0.3 is 0 Å². The van der Waals surface area contributed by atoms with Crippen molar-refractivity contribution in [2.24, 2.45) is 0 Å². The first-order valence-electron chi connectivity index (χ1n) is 8.61. The van der Waals surface area contributed by atoms with Crippen molar-refractivity contribution in [1.29, 1.82) is 0 Å². The third kappa shape index (κ3) is 6.62. The second-order valence-corrected chi connectivity index (χ2v) is 6.48. The molecular formula is C21H32O2. The molecule has 0 fully saturated rings. The van der Waals surface area contributed by atoms with Gasteiger partial charge in [0.2, 0.25) is 0 Å². The number of benzene rings is 1. The molecule has 0 aliphatic rings. The van der Waals surface area contributed by atoms with Crippen LogP contribution in [0.1, 0.15) is 63.5 Å². The van der Waals surface area contributed by atoms with Gasteiger partial charge in [-0.25, -0.2) is 0 Å². The first kappa shape index (κ1) is 19.5. The van der Waals surface area contributed by atoms with E-state index in [9.17, 15) is 5.11 Å². The summed E-state index contributed by atoms with van der Waals surface area (Å²) in [6.45, 7) is 10.2. The predicted molar refractivity (Wildman–Crippen MR) is 99.2 cm³/mol. The van der Waals surface area contributed by atoms with Crippen molar-refractivity contribution in [3.05, 3.63) is 53.6 Å². The Labute approximate surface area is 141 Å². The molecule has 0 aliphatic carbocycles. The van der Waals surface area contributed by atoms with Crippen molar-refractivity contribution in [1.82, 2.24) is 0 Å². The highest BCUT2D eigenvalue weighted by molar-refractivity contribution is 5.43. The van der Waals surface area contributed by atoms with Crippen LogP contribution in [-0.4, -0.2) is 18.3 Å². The van der Waals surface area contributed by atoms with Gasteiger partial charge in [-0.05, 0) is 56.1 Å². The van der Waals surface area contributed by atoms with Gasteiger partial charge in [-0.1, -0.05) is 49.8 Å². The highest BCUT2D eigenvalue weighted by Gasteiger charge is 2.11. The summed E-state index contributed by atoms with van der Waals surface area (Å²) in [5.74, 6) is 1.51. The van der Waals surface area contributed by atoms with E-state index in [4.69, 9.17) is 4.74 Å². The maximum absolute atomic E-state index is 9.47. The summed E-state index contributed by atoms with van der Waals surface area (Å²) < 4.78 is 5.64. The van der Waals surface area contributed by atoms with Crippen LogP contribution in [0, 0.1) is 0 Å². The van der Waals surface area contributed by atoms with E-state index in [1.165, 1.54) is 16.7 Å². The van der Waals surface area contributed by atoms with E-state index in [1.54, 1.807) is 13.2 Å². The Morgan fingerprint density at radius 3 is 2.70 bits per heavy atom. The quantitative estimate of drug-likeness (QED) is 0.584. The average molecular weight is 316 g/mol. The van der Waals surface area contributed by atoms with Crippen LogP contribution in [0.5, 0.6) is 5.75 Å². The van der Waals surface area contributed by atoms with Crippen LogP contribution in [0.25, 0.3) is 0 Å². The number of hydrogen-bond donors (Lipinski definition) is 1. The SMILES string of the molecule is C=CC(O)CCC/C(C)=C/CCc1cccc(C(C)C)c1OC. The zero-order valence-electron chi connectivity index (χ0n) is 15.1. The molecule has 0 saturated carbocycles. The third-order valence-corrected chi connectivity index (χ3v) is 4.20. The van der Waals surface area contributed by atoms with Gasteiger partial charge in [0.1, 0.15) is 5.75 Å². The maximum atomic E-state index is 9.47. The highest BCUT2D eigenvalue weighted by atomic mass is 16.5. The maximum Gasteiger partial charge on any atom is 0.125 e. The van der Waals surface area contributed by atoms with Gasteiger partial charge in [0.25, 0.3) is 0 Å². The van der Waals surface area contributed by atoms with E-state index in [1.807, 2.05) is 0 Å². The summed E-state index contributed by atoms with van der Waals surface area (Å²) in [5.41, 5.74) is 3.95. The van der Waals surface area contributed by atoms with Crippen LogP contribution in [0.3, 0.4) is 0 Å². The molecule has 1 atom stereocenters. The van der Waals surface area contributed by atoms with Crippen molar-refractivity contribution in [2.75, 3.05) is 7.11 Å². The molecule has 1 aromatic carbocycles. The van der Waals surface area contributed by atoms with E-state index >= 15 is 0 Å². The number of para-hydroxylation sites is 1. The van der Waals surface area contributed by atoms with Gasteiger partial charge in [-0.2, -0.15) is 0 Å². The monoisotopic (exact) mass is 316 g/mol. The van der Waals surface area contributed by atoms with Gasteiger partial charge in [-0.15, -0.1) is 6.58 Å². The summed E-state index contributed by atoms with van der Waals surface area (Å²) >= 11 is 0. The van der Waals surface area contributed by atoms with E-state index in [2.05, 4.69) is 51.6 Å². The van der Waals surface area contributed by atoms with Crippen molar-refractivity contribution in [2.45, 2.75) is 64.9 Å². The lowest BCUT2D eigenvalue weighted by Gasteiger charge is -2.15. The number of hydrogen-bond acceptors (Lipinski definition) is 2. The number of methoxy groups -OCH3 is 1. The van der Waals surface area contributed by atoms with E-state index in [0.29, 0.717) is 5.92 Å². The topological polar surface area (TPSA) is 29.5 Å². The summed E-state index contributed by atoms with van der Waals surface area (Å²) in [5, 5.41) is 9.47. The van der Waals surface area contributed by atoms with Gasteiger partial charge in [0.15, 0.2) is 0 Å². The van der Waals surface area contributed by atoms with E-state index in [-0.39, 0.29) is 6.10 Å². The number of aliphatic hydroxyl groups is 1. The molecule has 2 nitrogen and oxygen atoms in total. The number of ether oxygens (including phenoxy) is 1. The fourth-order valence-electron chi connectivity index (χ4n) is 2.79. The fourth-order valence-corrected chi connectivity index (χ4v) is 2.79. The average Bonchev–Trinajstić information content (AvgIpc) is 2.54. The molecule has 0 heterocycles. The number of aryl methyl sites for hydroxylation is 1. The van der Waals surface area contributed by atoms with Crippen LogP contribution in [0.4, 0.5) is 0 Å². The molecule has 2 heteroatoms. The first-order chi connectivity index (χ1) is 11.0. The molecule has 1 aromatic rings. The minimum Gasteiger partial charge on any atom is -0.496 e. The molecule has 0 aromatic heterocycles. The number of allylic oxidation sites excluding steroid dienone is 2. The molecule has 1 rings (SSSR count). The van der Waals surface area contributed by atoms with Crippen molar-refractivity contribution < 1.29 is 9.84 Å². The Bertz CT molecular complexity index is 515. The predicted octanol–water partition coefficient (Wildman–Crippen LogP) is 5.41. The van der Waals surface area contributed by atoms with Crippen molar-refractivity contribution in [3.8, 4) is 5.75 Å². The molecule has 0 amide bonds. The smallest absolute Gasteiger partial charge is 0.125 e. The van der Waals surface area contributed by atoms with E-state index < -0.39 is 0 Å². The molecule has 0 saturated heterocycles. The molecule has 1 unspecified atom stereocenters. The minimum absolute atomic E-state index is 0.370. The van der Waals surface area contributed by atoms with E-state index in [0.717, 1.165) is 37.9 Å². The zero-order chi connectivity index (χ0) is 17.2. The van der Waals surface area contributed by atoms with Gasteiger partial charge in [0, 0.05) is 0 Å². The normalized spacial score (nSPS) is 13.2. The summed E-state index contributed by atoms with van der Waals surface area (Å²) in [4.78, 5) is 0. The van der Waals surface area contributed by atoms with Crippen LogP contribution in [0.2, 0.25) is 0 Å². The molecule has 0 aliphatic heterocycles. The Morgan fingerprint density at radius 1 is 1.35 bits per heavy atom. The van der Waals surface area contributed by atoms with Crippen LogP contribution in [-0.2, 0) is 6.42 Å². The standard InChI is InChI=1S/C21H32O2/c1-6-19(22)14-8-11-17(4)10-7-12-18-13-9-15-20(16(2)3)21(18)23-5/h6,9-10,13,15-16,19,22H,1,7-8,11-12,14H2,2-5H3/b17-10+. The van der Waals surface area contributed by atoms with Gasteiger partial charge in [0.05, 0.1) is 13.2 Å². The number of rotatable bonds is 10. The lowest BCUT2D eigenvalue weighted by molar-refractivity contribution is 0.210. The molecule has 1 N–H and O–H groups in total. The largest absolute Gasteiger partial charge is 0.496 e. The lowest BCUT2D eigenvalue weighted by atomic mass is 9.96. The Balaban J connectivity index is 2.56. The van der Waals surface area contributed by atoms with Crippen LogP contribution in [0.15, 0.2) is 42.5 Å². The second kappa shape index (κ2) is 10.3. The molecule has 0 spiro atoms. The Kier molecular flexibility index (Phi) is 8.71. The Hall–Kier alpha value is -1.54. The molecule has 23 heavy (non-hydrogen) atoms. The van der Waals surface area contributed by atoms with Crippen LogP contribution < -0.4 is 4.74 Å².